The number of carbonyl (C=O) groups excluding carboxylic acids is 1. The lowest BCUT2D eigenvalue weighted by Gasteiger charge is -2.39. The number of hydrogen-bond acceptors (Lipinski definition) is 4. The minimum Gasteiger partial charge on any atom is -0.462 e. The van der Waals surface area contributed by atoms with Crippen LogP contribution < -0.4 is 4.74 Å². The van der Waals surface area contributed by atoms with Gasteiger partial charge in [0.15, 0.2) is 0 Å². The summed E-state index contributed by atoms with van der Waals surface area (Å²) in [6, 6.07) is 10.3. The zero-order valence-corrected chi connectivity index (χ0v) is 12.8. The van der Waals surface area contributed by atoms with E-state index in [1.807, 2.05) is 30.3 Å². The van der Waals surface area contributed by atoms with E-state index in [-0.39, 0.29) is 12.1 Å². The molecular weight excluding hydrogens is 286 g/mol. The van der Waals surface area contributed by atoms with E-state index in [1.54, 1.807) is 0 Å². The molecule has 2 saturated heterocycles. The number of fused-ring (bicyclic) bond motifs is 2. The molecule has 0 radical (unpaired) electrons. The highest BCUT2D eigenvalue weighted by atomic mass is 32.1. The molecule has 0 spiro atoms. The molecular formula is C16H19NO3S. The number of hydrogen-bond donors (Lipinski definition) is 0. The Hall–Kier alpha value is -1.62. The van der Waals surface area contributed by atoms with Gasteiger partial charge in [0.1, 0.15) is 11.9 Å². The second-order valence-electron chi connectivity index (χ2n) is 5.68. The van der Waals surface area contributed by atoms with Gasteiger partial charge in [0.2, 0.25) is 0 Å². The third-order valence-corrected chi connectivity index (χ3v) is 4.48. The molecule has 1 aromatic carbocycles. The van der Waals surface area contributed by atoms with Crippen molar-refractivity contribution in [3.05, 3.63) is 30.3 Å². The quantitative estimate of drug-likeness (QED) is 0.620. The first-order valence-corrected chi connectivity index (χ1v) is 7.76. The van der Waals surface area contributed by atoms with Gasteiger partial charge in [-0.1, -0.05) is 18.2 Å². The summed E-state index contributed by atoms with van der Waals surface area (Å²) in [6.45, 7) is 1.47. The molecule has 3 rings (SSSR count). The Labute approximate surface area is 130 Å². The molecule has 2 bridgehead atoms. The van der Waals surface area contributed by atoms with Crippen LogP contribution in [0.1, 0.15) is 32.6 Å². The van der Waals surface area contributed by atoms with Crippen LogP contribution in [0, 0.1) is 0 Å². The maximum absolute atomic E-state index is 11.1. The van der Waals surface area contributed by atoms with Crippen molar-refractivity contribution in [2.75, 3.05) is 0 Å². The normalized spacial score (nSPS) is 27.3. The van der Waals surface area contributed by atoms with Crippen LogP contribution in [0.2, 0.25) is 0 Å². The van der Waals surface area contributed by atoms with Gasteiger partial charge in [0.25, 0.3) is 5.17 Å². The summed E-state index contributed by atoms with van der Waals surface area (Å²) in [5.41, 5.74) is 0. The molecule has 5 heteroatoms. The Morgan fingerprint density at radius 3 is 2.38 bits per heavy atom. The second-order valence-corrected chi connectivity index (χ2v) is 6.03. The average molecular weight is 305 g/mol. The fraction of sp³-hybridized carbons (Fsp3) is 0.500. The second kappa shape index (κ2) is 6.02. The summed E-state index contributed by atoms with van der Waals surface area (Å²) in [7, 11) is 0. The number of esters is 1. The van der Waals surface area contributed by atoms with E-state index in [2.05, 4.69) is 4.90 Å². The molecule has 2 aliphatic heterocycles. The van der Waals surface area contributed by atoms with Crippen LogP contribution in [0.3, 0.4) is 0 Å². The largest absolute Gasteiger partial charge is 0.462 e. The standard InChI is InChI=1S/C16H19NO3S/c1-11(18)19-15-9-12-7-8-13(10-15)17(12)16(21)20-14-5-3-2-4-6-14/h2-6,12-13,15H,7-10H2,1H3. The molecule has 0 amide bonds. The van der Waals surface area contributed by atoms with Gasteiger partial charge < -0.3 is 14.4 Å². The van der Waals surface area contributed by atoms with Crippen molar-refractivity contribution in [3.63, 3.8) is 0 Å². The first-order chi connectivity index (χ1) is 10.1. The summed E-state index contributed by atoms with van der Waals surface area (Å²) in [5, 5.41) is 0.537. The van der Waals surface area contributed by atoms with E-state index in [4.69, 9.17) is 21.7 Å². The molecule has 112 valence electrons. The first-order valence-electron chi connectivity index (χ1n) is 7.36. The summed E-state index contributed by atoms with van der Waals surface area (Å²) < 4.78 is 11.2. The summed E-state index contributed by atoms with van der Waals surface area (Å²) in [4.78, 5) is 13.3. The Morgan fingerprint density at radius 2 is 1.81 bits per heavy atom. The van der Waals surface area contributed by atoms with Gasteiger partial charge in [-0.05, 0) is 37.2 Å². The number of para-hydroxylation sites is 1. The number of carbonyl (C=O) groups is 1. The number of rotatable bonds is 2. The molecule has 2 unspecified atom stereocenters. The fourth-order valence-electron chi connectivity index (χ4n) is 3.40. The van der Waals surface area contributed by atoms with Crippen LogP contribution >= 0.6 is 12.2 Å². The van der Waals surface area contributed by atoms with E-state index in [1.165, 1.54) is 6.92 Å². The highest BCUT2D eigenvalue weighted by Crippen LogP contribution is 2.37. The molecule has 4 nitrogen and oxygen atoms in total. The van der Waals surface area contributed by atoms with Gasteiger partial charge in [0.05, 0.1) is 0 Å². The Kier molecular flexibility index (Phi) is 4.10. The van der Waals surface area contributed by atoms with Crippen molar-refractivity contribution in [1.82, 2.24) is 4.90 Å². The van der Waals surface area contributed by atoms with Crippen LogP contribution in [0.15, 0.2) is 30.3 Å². The monoisotopic (exact) mass is 305 g/mol. The van der Waals surface area contributed by atoms with Crippen LogP contribution in [-0.2, 0) is 9.53 Å². The van der Waals surface area contributed by atoms with Crippen molar-refractivity contribution in [1.29, 1.82) is 0 Å². The smallest absolute Gasteiger partial charge is 0.302 e. The van der Waals surface area contributed by atoms with Gasteiger partial charge in [-0.25, -0.2) is 0 Å². The lowest BCUT2D eigenvalue weighted by molar-refractivity contribution is -0.149. The zero-order valence-electron chi connectivity index (χ0n) is 12.0. The van der Waals surface area contributed by atoms with E-state index in [9.17, 15) is 4.79 Å². The molecule has 2 aliphatic rings. The topological polar surface area (TPSA) is 38.8 Å². The molecule has 0 saturated carbocycles. The SMILES string of the molecule is CC(=O)OC1CC2CCC(C1)N2C(=S)Oc1ccccc1. The predicted molar refractivity (Wildman–Crippen MR) is 83.1 cm³/mol. The Bertz CT molecular complexity index is 520. The molecule has 1 aromatic rings. The Balaban J connectivity index is 1.65. The molecule has 2 heterocycles. The number of nitrogens with zero attached hydrogens (tertiary/aromatic N) is 1. The van der Waals surface area contributed by atoms with Crippen molar-refractivity contribution in [3.8, 4) is 5.75 Å². The highest BCUT2D eigenvalue weighted by molar-refractivity contribution is 7.80. The maximum atomic E-state index is 11.1. The maximum Gasteiger partial charge on any atom is 0.302 e. The Morgan fingerprint density at radius 1 is 1.19 bits per heavy atom. The molecule has 0 N–H and O–H groups in total. The summed E-state index contributed by atoms with van der Waals surface area (Å²) in [5.74, 6) is 0.569. The van der Waals surface area contributed by atoms with Crippen molar-refractivity contribution < 1.29 is 14.3 Å². The van der Waals surface area contributed by atoms with Crippen LogP contribution in [0.25, 0.3) is 0 Å². The van der Waals surface area contributed by atoms with Gasteiger partial charge in [0, 0.05) is 31.8 Å². The van der Waals surface area contributed by atoms with Crippen LogP contribution in [-0.4, -0.2) is 34.2 Å². The van der Waals surface area contributed by atoms with E-state index >= 15 is 0 Å². The third kappa shape index (κ3) is 3.18. The minimum atomic E-state index is -0.198. The average Bonchev–Trinajstić information content (AvgIpc) is 2.71. The predicted octanol–water partition coefficient (Wildman–Crippen LogP) is 2.91. The van der Waals surface area contributed by atoms with Crippen LogP contribution in [0.5, 0.6) is 5.75 Å². The fourth-order valence-corrected chi connectivity index (χ4v) is 3.79. The van der Waals surface area contributed by atoms with Crippen molar-refractivity contribution in [2.45, 2.75) is 50.8 Å². The van der Waals surface area contributed by atoms with E-state index in [0.29, 0.717) is 17.3 Å². The molecule has 21 heavy (non-hydrogen) atoms. The number of piperidine rings is 1. The third-order valence-electron chi connectivity index (χ3n) is 4.18. The highest BCUT2D eigenvalue weighted by Gasteiger charge is 2.43. The van der Waals surface area contributed by atoms with E-state index in [0.717, 1.165) is 31.4 Å². The molecule has 2 atom stereocenters. The minimum absolute atomic E-state index is 0.0239. The lowest BCUT2D eigenvalue weighted by Crippen LogP contribution is -2.49. The lowest BCUT2D eigenvalue weighted by atomic mass is 10.0. The zero-order chi connectivity index (χ0) is 14.8. The van der Waals surface area contributed by atoms with Gasteiger partial charge in [-0.15, -0.1) is 0 Å². The molecule has 0 aliphatic carbocycles. The van der Waals surface area contributed by atoms with E-state index < -0.39 is 0 Å². The van der Waals surface area contributed by atoms with Gasteiger partial charge >= 0.3 is 5.97 Å². The van der Waals surface area contributed by atoms with Crippen LogP contribution in [0.4, 0.5) is 0 Å². The first kappa shape index (κ1) is 14.3. The van der Waals surface area contributed by atoms with Crippen molar-refractivity contribution >= 4 is 23.4 Å². The number of thiocarbonyl (C=S) groups is 1. The summed E-state index contributed by atoms with van der Waals surface area (Å²) >= 11 is 5.47. The van der Waals surface area contributed by atoms with Gasteiger partial charge in [-0.3, -0.25) is 4.79 Å². The molecule has 0 aromatic heterocycles. The van der Waals surface area contributed by atoms with Gasteiger partial charge in [-0.2, -0.15) is 0 Å². The summed E-state index contributed by atoms with van der Waals surface area (Å²) in [6.07, 6.45) is 3.88. The number of ether oxygens (including phenoxy) is 2. The van der Waals surface area contributed by atoms with Crippen molar-refractivity contribution in [2.24, 2.45) is 0 Å². The molecule has 2 fully saturated rings. The number of benzene rings is 1.